The molecule has 2 N–H and O–H groups in total. The summed E-state index contributed by atoms with van der Waals surface area (Å²) >= 11 is 0. The van der Waals surface area contributed by atoms with Crippen LogP contribution in [0.15, 0.2) is 30.6 Å². The van der Waals surface area contributed by atoms with Crippen molar-refractivity contribution in [3.05, 3.63) is 30.6 Å². The summed E-state index contributed by atoms with van der Waals surface area (Å²) in [6, 6.07) is 6.06. The number of nitrogens with zero attached hydrogens (tertiary/aromatic N) is 2. The summed E-state index contributed by atoms with van der Waals surface area (Å²) in [6.45, 7) is 2.84. The highest BCUT2D eigenvalue weighted by Gasteiger charge is 2.17. The zero-order valence-corrected chi connectivity index (χ0v) is 11.9. The molecule has 1 aromatic heterocycles. The Bertz CT molecular complexity index is 593. The number of nitrogen functional groups attached to an aromatic ring is 1. The van der Waals surface area contributed by atoms with Gasteiger partial charge in [0.2, 0.25) is 0 Å². The number of benzene rings is 1. The molecule has 3 rings (SSSR count). The first-order chi connectivity index (χ1) is 9.75. The van der Waals surface area contributed by atoms with Gasteiger partial charge in [-0.2, -0.15) is 0 Å². The summed E-state index contributed by atoms with van der Waals surface area (Å²) in [4.78, 5) is 6.56. The maximum absolute atomic E-state index is 6.05. The van der Waals surface area contributed by atoms with Crippen LogP contribution in [0.1, 0.15) is 12.8 Å². The van der Waals surface area contributed by atoms with Crippen LogP contribution in [0.25, 0.3) is 10.8 Å². The molecule has 20 heavy (non-hydrogen) atoms. The van der Waals surface area contributed by atoms with Crippen LogP contribution in [0.4, 0.5) is 11.4 Å². The van der Waals surface area contributed by atoms with Gasteiger partial charge in [0.05, 0.1) is 0 Å². The van der Waals surface area contributed by atoms with Crippen molar-refractivity contribution in [3.8, 4) is 0 Å². The van der Waals surface area contributed by atoms with Gasteiger partial charge >= 0.3 is 0 Å². The molecule has 106 valence electrons. The Hall–Kier alpha value is -1.81. The van der Waals surface area contributed by atoms with Gasteiger partial charge in [-0.25, -0.2) is 0 Å². The maximum Gasteiger partial charge on any atom is 0.0469 e. The van der Waals surface area contributed by atoms with Gasteiger partial charge in [-0.05, 0) is 37.0 Å². The monoisotopic (exact) mass is 271 g/mol. The topological polar surface area (TPSA) is 51.4 Å². The predicted octanol–water partition coefficient (Wildman–Crippen LogP) is 2.68. The quantitative estimate of drug-likeness (QED) is 0.872. The number of fused-ring (bicyclic) bond motifs is 1. The molecular weight excluding hydrogens is 250 g/mol. The minimum absolute atomic E-state index is 0.707. The summed E-state index contributed by atoms with van der Waals surface area (Å²) in [5.41, 5.74) is 8.06. The highest BCUT2D eigenvalue weighted by atomic mass is 16.5. The van der Waals surface area contributed by atoms with E-state index < -0.39 is 0 Å². The molecule has 0 bridgehead atoms. The zero-order chi connectivity index (χ0) is 13.9. The van der Waals surface area contributed by atoms with E-state index >= 15 is 0 Å². The summed E-state index contributed by atoms with van der Waals surface area (Å²) < 4.78 is 5.43. The molecule has 4 heteroatoms. The number of hydrogen-bond acceptors (Lipinski definition) is 4. The van der Waals surface area contributed by atoms with Crippen LogP contribution in [-0.2, 0) is 4.74 Å². The van der Waals surface area contributed by atoms with E-state index in [1.807, 2.05) is 18.3 Å². The van der Waals surface area contributed by atoms with E-state index in [4.69, 9.17) is 10.5 Å². The second-order valence-corrected chi connectivity index (χ2v) is 5.53. The van der Waals surface area contributed by atoms with Crippen molar-refractivity contribution in [1.82, 2.24) is 4.98 Å². The minimum Gasteiger partial charge on any atom is -0.398 e. The third kappa shape index (κ3) is 2.56. The number of anilines is 2. The predicted molar refractivity (Wildman–Crippen MR) is 83.0 cm³/mol. The molecule has 0 spiro atoms. The van der Waals surface area contributed by atoms with Crippen molar-refractivity contribution in [3.63, 3.8) is 0 Å². The van der Waals surface area contributed by atoms with Crippen LogP contribution in [0, 0.1) is 5.92 Å². The second-order valence-electron chi connectivity index (χ2n) is 5.53. The Morgan fingerprint density at radius 2 is 2.05 bits per heavy atom. The lowest BCUT2D eigenvalue weighted by Crippen LogP contribution is -2.29. The standard InChI is InChI=1S/C16H21N3O/c1-19(11-12-5-8-20-9-6-12)16-3-2-15(17)13-4-7-18-10-14(13)16/h2-4,7,10,12H,5-6,8-9,11,17H2,1H3. The van der Waals surface area contributed by atoms with Gasteiger partial charge in [0.15, 0.2) is 0 Å². The Balaban J connectivity index is 1.87. The molecule has 0 aliphatic carbocycles. The number of pyridine rings is 1. The summed E-state index contributed by atoms with van der Waals surface area (Å²) in [7, 11) is 2.15. The molecule has 0 saturated carbocycles. The van der Waals surface area contributed by atoms with Crippen molar-refractivity contribution < 1.29 is 4.74 Å². The first kappa shape index (κ1) is 13.2. The third-order valence-corrected chi connectivity index (χ3v) is 4.11. The van der Waals surface area contributed by atoms with Crippen LogP contribution in [0.5, 0.6) is 0 Å². The number of nitrogens with two attached hydrogens (primary N) is 1. The van der Waals surface area contributed by atoms with Gasteiger partial charge in [-0.1, -0.05) is 0 Å². The Morgan fingerprint density at radius 3 is 2.85 bits per heavy atom. The average Bonchev–Trinajstić information content (AvgIpc) is 2.49. The lowest BCUT2D eigenvalue weighted by Gasteiger charge is -2.29. The Morgan fingerprint density at radius 1 is 1.25 bits per heavy atom. The molecule has 1 saturated heterocycles. The van der Waals surface area contributed by atoms with Gasteiger partial charge in [0.1, 0.15) is 0 Å². The zero-order valence-electron chi connectivity index (χ0n) is 11.9. The van der Waals surface area contributed by atoms with Crippen molar-refractivity contribution in [2.45, 2.75) is 12.8 Å². The van der Waals surface area contributed by atoms with Crippen molar-refractivity contribution in [1.29, 1.82) is 0 Å². The van der Waals surface area contributed by atoms with E-state index in [-0.39, 0.29) is 0 Å². The smallest absolute Gasteiger partial charge is 0.0469 e. The van der Waals surface area contributed by atoms with Crippen LogP contribution in [0.2, 0.25) is 0 Å². The molecule has 0 radical (unpaired) electrons. The molecule has 1 aromatic carbocycles. The second kappa shape index (κ2) is 5.67. The molecule has 4 nitrogen and oxygen atoms in total. The summed E-state index contributed by atoms with van der Waals surface area (Å²) in [5.74, 6) is 0.707. The highest BCUT2D eigenvalue weighted by Crippen LogP contribution is 2.30. The SMILES string of the molecule is CN(CC1CCOCC1)c1ccc(N)c2ccncc12. The number of aromatic nitrogens is 1. The van der Waals surface area contributed by atoms with Gasteiger partial charge in [-0.3, -0.25) is 4.98 Å². The molecule has 1 aliphatic rings. The summed E-state index contributed by atoms with van der Waals surface area (Å²) in [5, 5.41) is 2.21. The Labute approximate surface area is 119 Å². The number of hydrogen-bond donors (Lipinski definition) is 1. The molecule has 2 aromatic rings. The van der Waals surface area contributed by atoms with Crippen LogP contribution in [-0.4, -0.2) is 31.8 Å². The fourth-order valence-electron chi connectivity index (χ4n) is 2.95. The molecule has 0 amide bonds. The highest BCUT2D eigenvalue weighted by molar-refractivity contribution is 6.00. The molecule has 2 heterocycles. The number of ether oxygens (including phenoxy) is 1. The largest absolute Gasteiger partial charge is 0.398 e. The van der Waals surface area contributed by atoms with Gasteiger partial charge < -0.3 is 15.4 Å². The molecule has 0 unspecified atom stereocenters. The average molecular weight is 271 g/mol. The van der Waals surface area contributed by atoms with Crippen LogP contribution < -0.4 is 10.6 Å². The van der Waals surface area contributed by atoms with Gasteiger partial charge in [0, 0.05) is 61.3 Å². The van der Waals surface area contributed by atoms with E-state index in [1.54, 1.807) is 6.20 Å². The minimum atomic E-state index is 0.707. The first-order valence-corrected chi connectivity index (χ1v) is 7.17. The van der Waals surface area contributed by atoms with E-state index in [2.05, 4.69) is 23.0 Å². The first-order valence-electron chi connectivity index (χ1n) is 7.17. The maximum atomic E-state index is 6.05. The fourth-order valence-corrected chi connectivity index (χ4v) is 2.95. The molecular formula is C16H21N3O. The van der Waals surface area contributed by atoms with Crippen LogP contribution in [0.3, 0.4) is 0 Å². The molecule has 1 fully saturated rings. The van der Waals surface area contributed by atoms with Crippen molar-refractivity contribution >= 4 is 22.1 Å². The lowest BCUT2D eigenvalue weighted by atomic mass is 9.99. The normalized spacial score (nSPS) is 16.4. The fraction of sp³-hybridized carbons (Fsp3) is 0.438. The molecule has 1 aliphatic heterocycles. The summed E-state index contributed by atoms with van der Waals surface area (Å²) in [6.07, 6.45) is 5.99. The van der Waals surface area contributed by atoms with E-state index in [0.717, 1.165) is 49.1 Å². The molecule has 0 atom stereocenters. The van der Waals surface area contributed by atoms with Crippen LogP contribution >= 0.6 is 0 Å². The van der Waals surface area contributed by atoms with Gasteiger partial charge in [-0.15, -0.1) is 0 Å². The third-order valence-electron chi connectivity index (χ3n) is 4.11. The van der Waals surface area contributed by atoms with E-state index in [9.17, 15) is 0 Å². The van der Waals surface area contributed by atoms with Crippen molar-refractivity contribution in [2.24, 2.45) is 5.92 Å². The lowest BCUT2D eigenvalue weighted by molar-refractivity contribution is 0.0685. The van der Waals surface area contributed by atoms with Gasteiger partial charge in [0.25, 0.3) is 0 Å². The Kier molecular flexibility index (Phi) is 3.74. The van der Waals surface area contributed by atoms with E-state index in [1.165, 1.54) is 5.69 Å². The number of rotatable bonds is 3. The van der Waals surface area contributed by atoms with Crippen molar-refractivity contribution in [2.75, 3.05) is 37.4 Å². The van der Waals surface area contributed by atoms with E-state index in [0.29, 0.717) is 5.92 Å².